The molecule has 0 aliphatic rings. The molecule has 4 heteroatoms. The zero-order valence-electron chi connectivity index (χ0n) is 5.03. The fraction of sp³-hybridized carbons (Fsp3) is 0.200. The zero-order chi connectivity index (χ0) is 6.69. The van der Waals surface area contributed by atoms with Gasteiger partial charge in [-0.2, -0.15) is 5.10 Å². The first kappa shape index (κ1) is 6.22. The summed E-state index contributed by atoms with van der Waals surface area (Å²) in [6, 6.07) is 0. The lowest BCUT2D eigenvalue weighted by Crippen LogP contribution is -2.07. The minimum absolute atomic E-state index is 0.452. The smallest absolute Gasteiger partial charge is 0.204 e. The van der Waals surface area contributed by atoms with Crippen LogP contribution in [0.4, 0.5) is 0 Å². The SMILES string of the molecule is C/C=C\n1ncsc1=N. The van der Waals surface area contributed by atoms with Crippen molar-refractivity contribution in [2.75, 3.05) is 0 Å². The van der Waals surface area contributed by atoms with Gasteiger partial charge in [0.05, 0.1) is 0 Å². The summed E-state index contributed by atoms with van der Waals surface area (Å²) in [6.07, 6.45) is 3.59. The normalized spacial score (nSPS) is 10.8. The van der Waals surface area contributed by atoms with Crippen LogP contribution in [-0.2, 0) is 0 Å². The Morgan fingerprint density at radius 1 is 1.89 bits per heavy atom. The van der Waals surface area contributed by atoms with E-state index in [0.29, 0.717) is 4.80 Å². The van der Waals surface area contributed by atoms with E-state index in [9.17, 15) is 0 Å². The molecule has 0 saturated carbocycles. The maximum atomic E-state index is 7.22. The van der Waals surface area contributed by atoms with E-state index >= 15 is 0 Å². The topological polar surface area (TPSA) is 41.7 Å². The van der Waals surface area contributed by atoms with Crippen LogP contribution in [0.2, 0.25) is 0 Å². The number of allylic oxidation sites excluding steroid dienone is 1. The first-order valence-electron chi connectivity index (χ1n) is 2.54. The van der Waals surface area contributed by atoms with Gasteiger partial charge in [0.25, 0.3) is 0 Å². The monoisotopic (exact) mass is 141 g/mol. The van der Waals surface area contributed by atoms with Crippen LogP contribution in [0.1, 0.15) is 6.92 Å². The first-order chi connectivity index (χ1) is 4.34. The third-order valence-electron chi connectivity index (χ3n) is 0.834. The standard InChI is InChI=1S/C5H7N3S/c1-2-3-8-5(6)9-4-7-8/h2-4,6H,1H3/b3-2-,6-5?. The third kappa shape index (κ3) is 1.26. The van der Waals surface area contributed by atoms with E-state index in [-0.39, 0.29) is 0 Å². The number of hydrogen-bond donors (Lipinski definition) is 1. The predicted molar refractivity (Wildman–Crippen MR) is 37.0 cm³/mol. The number of nitrogens with one attached hydrogen (secondary N) is 1. The summed E-state index contributed by atoms with van der Waals surface area (Å²) in [7, 11) is 0. The van der Waals surface area contributed by atoms with Gasteiger partial charge in [-0.15, -0.1) is 0 Å². The van der Waals surface area contributed by atoms with Crippen molar-refractivity contribution in [3.05, 3.63) is 16.4 Å². The molecule has 0 radical (unpaired) electrons. The highest BCUT2D eigenvalue weighted by molar-refractivity contribution is 7.06. The van der Waals surface area contributed by atoms with E-state index < -0.39 is 0 Å². The van der Waals surface area contributed by atoms with Crippen LogP contribution < -0.4 is 4.80 Å². The van der Waals surface area contributed by atoms with Gasteiger partial charge < -0.3 is 0 Å². The van der Waals surface area contributed by atoms with Crippen LogP contribution in [-0.4, -0.2) is 9.78 Å². The van der Waals surface area contributed by atoms with Crippen LogP contribution in [0, 0.1) is 5.41 Å². The molecule has 9 heavy (non-hydrogen) atoms. The molecule has 0 atom stereocenters. The third-order valence-corrected chi connectivity index (χ3v) is 1.44. The highest BCUT2D eigenvalue weighted by Gasteiger charge is 1.84. The van der Waals surface area contributed by atoms with E-state index in [4.69, 9.17) is 5.41 Å². The molecule has 0 bridgehead atoms. The quantitative estimate of drug-likeness (QED) is 0.620. The summed E-state index contributed by atoms with van der Waals surface area (Å²) in [5.74, 6) is 0. The van der Waals surface area contributed by atoms with Crippen molar-refractivity contribution in [3.63, 3.8) is 0 Å². The van der Waals surface area contributed by atoms with Gasteiger partial charge in [0, 0.05) is 6.20 Å². The summed E-state index contributed by atoms with van der Waals surface area (Å²) in [5, 5.41) is 11.1. The van der Waals surface area contributed by atoms with Crippen molar-refractivity contribution >= 4 is 17.5 Å². The van der Waals surface area contributed by atoms with Gasteiger partial charge in [0.1, 0.15) is 5.51 Å². The molecule has 3 nitrogen and oxygen atoms in total. The van der Waals surface area contributed by atoms with E-state index in [2.05, 4.69) is 5.10 Å². The second kappa shape index (κ2) is 2.59. The fourth-order valence-electron chi connectivity index (χ4n) is 0.478. The molecule has 1 aromatic heterocycles. The van der Waals surface area contributed by atoms with Crippen LogP contribution >= 0.6 is 11.3 Å². The summed E-state index contributed by atoms with van der Waals surface area (Å²) in [6.45, 7) is 1.89. The van der Waals surface area contributed by atoms with Crippen molar-refractivity contribution in [1.82, 2.24) is 9.78 Å². The van der Waals surface area contributed by atoms with E-state index in [1.807, 2.05) is 13.0 Å². The number of rotatable bonds is 1. The molecule has 1 heterocycles. The maximum absolute atomic E-state index is 7.22. The van der Waals surface area contributed by atoms with Crippen molar-refractivity contribution < 1.29 is 0 Å². The predicted octanol–water partition coefficient (Wildman–Crippen LogP) is 0.915. The number of hydrogen-bond acceptors (Lipinski definition) is 3. The number of nitrogens with zero attached hydrogens (tertiary/aromatic N) is 2. The molecule has 1 aromatic rings. The highest BCUT2D eigenvalue weighted by Crippen LogP contribution is 1.82. The molecule has 0 amide bonds. The minimum atomic E-state index is 0.452. The van der Waals surface area contributed by atoms with Gasteiger partial charge in [0.2, 0.25) is 4.80 Å². The average molecular weight is 141 g/mol. The van der Waals surface area contributed by atoms with E-state index in [0.717, 1.165) is 0 Å². The Morgan fingerprint density at radius 2 is 2.67 bits per heavy atom. The molecular weight excluding hydrogens is 134 g/mol. The zero-order valence-corrected chi connectivity index (χ0v) is 5.85. The molecular formula is C5H7N3S. The average Bonchev–Trinajstić information content (AvgIpc) is 2.18. The van der Waals surface area contributed by atoms with Crippen molar-refractivity contribution in [2.45, 2.75) is 6.92 Å². The molecule has 1 rings (SSSR count). The van der Waals surface area contributed by atoms with Gasteiger partial charge >= 0.3 is 0 Å². The van der Waals surface area contributed by atoms with Gasteiger partial charge in [-0.3, -0.25) is 5.41 Å². The Balaban J connectivity index is 3.08. The molecule has 0 unspecified atom stereocenters. The van der Waals surface area contributed by atoms with Gasteiger partial charge in [-0.05, 0) is 6.92 Å². The minimum Gasteiger partial charge on any atom is -0.273 e. The molecule has 48 valence electrons. The van der Waals surface area contributed by atoms with E-state index in [1.54, 1.807) is 11.7 Å². The van der Waals surface area contributed by atoms with Crippen molar-refractivity contribution in [1.29, 1.82) is 5.41 Å². The molecule has 0 aliphatic carbocycles. The Kier molecular flexibility index (Phi) is 1.79. The molecule has 1 N–H and O–H groups in total. The largest absolute Gasteiger partial charge is 0.273 e. The van der Waals surface area contributed by atoms with Gasteiger partial charge in [-0.25, -0.2) is 4.68 Å². The molecule has 0 fully saturated rings. The van der Waals surface area contributed by atoms with Crippen LogP contribution in [0.5, 0.6) is 0 Å². The molecule has 0 aromatic carbocycles. The van der Waals surface area contributed by atoms with Gasteiger partial charge in [-0.1, -0.05) is 17.4 Å². The molecule has 0 aliphatic heterocycles. The summed E-state index contributed by atoms with van der Waals surface area (Å²) >= 11 is 1.31. The number of aromatic nitrogens is 2. The van der Waals surface area contributed by atoms with Crippen LogP contribution in [0.3, 0.4) is 0 Å². The lowest BCUT2D eigenvalue weighted by molar-refractivity contribution is 0.867. The van der Waals surface area contributed by atoms with Crippen LogP contribution in [0.25, 0.3) is 6.20 Å². The van der Waals surface area contributed by atoms with Gasteiger partial charge in [0.15, 0.2) is 0 Å². The maximum Gasteiger partial charge on any atom is 0.204 e. The summed E-state index contributed by atoms with van der Waals surface area (Å²) in [5.41, 5.74) is 1.64. The van der Waals surface area contributed by atoms with Crippen molar-refractivity contribution in [2.24, 2.45) is 0 Å². The Morgan fingerprint density at radius 3 is 3.11 bits per heavy atom. The lowest BCUT2D eigenvalue weighted by atomic mass is 10.7. The molecule has 0 saturated heterocycles. The summed E-state index contributed by atoms with van der Waals surface area (Å²) in [4.78, 5) is 0.452. The second-order valence-corrected chi connectivity index (χ2v) is 2.30. The second-order valence-electron chi connectivity index (χ2n) is 1.47. The molecule has 0 spiro atoms. The Hall–Kier alpha value is -0.900. The Bertz CT molecular complexity index is 257. The van der Waals surface area contributed by atoms with E-state index in [1.165, 1.54) is 16.0 Å². The van der Waals surface area contributed by atoms with Crippen LogP contribution in [0.15, 0.2) is 11.6 Å². The van der Waals surface area contributed by atoms with Crippen molar-refractivity contribution in [3.8, 4) is 0 Å². The fourth-order valence-corrected chi connectivity index (χ4v) is 0.943. The highest BCUT2D eigenvalue weighted by atomic mass is 32.1. The Labute approximate surface area is 56.8 Å². The summed E-state index contributed by atoms with van der Waals surface area (Å²) < 4.78 is 1.52. The lowest BCUT2D eigenvalue weighted by Gasteiger charge is -1.83. The first-order valence-corrected chi connectivity index (χ1v) is 3.42.